The molecule has 236 valence electrons. The molecule has 2 aromatic rings. The number of nitrogens with zero attached hydrogens (tertiary/aromatic N) is 3. The molecule has 10 nitrogen and oxygen atoms in total. The number of aliphatic hydroxyl groups excluding tert-OH is 1. The summed E-state index contributed by atoms with van der Waals surface area (Å²) in [6.45, 7) is 8.34. The molecule has 0 radical (unpaired) electrons. The molecule has 6 rings (SSSR count). The Morgan fingerprint density at radius 1 is 1.25 bits per heavy atom. The highest BCUT2D eigenvalue weighted by molar-refractivity contribution is 8.20. The molecule has 1 unspecified atom stereocenters. The Kier molecular flexibility index (Phi) is 9.40. The van der Waals surface area contributed by atoms with Crippen molar-refractivity contribution in [3.05, 3.63) is 52.1 Å². The first-order chi connectivity index (χ1) is 22.1. The monoisotopic (exact) mass is 644 g/mol. The minimum absolute atomic E-state index is 0.0434. The number of thiol groups is 1. The molecule has 0 spiro atoms. The summed E-state index contributed by atoms with van der Waals surface area (Å²) in [6, 6.07) is 3.42. The first-order valence-corrected chi connectivity index (χ1v) is 15.7. The summed E-state index contributed by atoms with van der Waals surface area (Å²) < 4.78 is 49.9. The van der Waals surface area contributed by atoms with Gasteiger partial charge >= 0.3 is 0 Å². The molecule has 6 atom stereocenters. The van der Waals surface area contributed by atoms with E-state index in [0.717, 1.165) is 39.1 Å². The largest absolute Gasteiger partial charge is 0.493 e. The van der Waals surface area contributed by atoms with E-state index in [-0.39, 0.29) is 44.6 Å². The summed E-state index contributed by atoms with van der Waals surface area (Å²) >= 11 is 3.60. The third kappa shape index (κ3) is 5.22. The number of benzene rings is 2. The fourth-order valence-electron chi connectivity index (χ4n) is 7.57. The Balaban J connectivity index is 0.000000985. The van der Waals surface area contributed by atoms with Crippen LogP contribution in [0.3, 0.4) is 0 Å². The molecule has 4 heterocycles. The van der Waals surface area contributed by atoms with Crippen molar-refractivity contribution in [1.82, 2.24) is 9.80 Å². The molecule has 0 aliphatic carbocycles. The Morgan fingerprint density at radius 2 is 2.00 bits per heavy atom. The third-order valence-corrected chi connectivity index (χ3v) is 9.07. The number of hydrogen-bond acceptors (Lipinski definition) is 11. The Hall–Kier alpha value is -2.65. The lowest BCUT2D eigenvalue weighted by Crippen LogP contribution is -2.68. The van der Waals surface area contributed by atoms with E-state index in [2.05, 4.69) is 57.2 Å². The number of ether oxygens (including phenoxy) is 6. The molecule has 13 heteroatoms. The van der Waals surface area contributed by atoms with Gasteiger partial charge in [0.25, 0.3) is 0 Å². The predicted octanol–water partition coefficient (Wildman–Crippen LogP) is 3.41. The van der Waals surface area contributed by atoms with Gasteiger partial charge in [-0.15, -0.1) is 0 Å². The molecular formula is C31H41BN3O7PS. The molecule has 0 aromatic heterocycles. The van der Waals surface area contributed by atoms with Gasteiger partial charge in [0, 0.05) is 41.4 Å². The lowest BCUT2D eigenvalue weighted by Gasteiger charge is -2.59. The topological polar surface area (TPSA) is 106 Å². The van der Waals surface area contributed by atoms with Gasteiger partial charge in [0.05, 0.1) is 31.9 Å². The van der Waals surface area contributed by atoms with E-state index in [4.69, 9.17) is 36.3 Å². The molecule has 44 heavy (non-hydrogen) atoms. The van der Waals surface area contributed by atoms with Gasteiger partial charge in [-0.05, 0) is 46.2 Å². The molecule has 0 amide bonds. The quantitative estimate of drug-likeness (QED) is 0.139. The van der Waals surface area contributed by atoms with Crippen LogP contribution in [0, 0.1) is 25.2 Å². The van der Waals surface area contributed by atoms with Crippen LogP contribution in [0.5, 0.6) is 28.7 Å². The fraction of sp³-hybridized carbons (Fsp3) is 0.516. The van der Waals surface area contributed by atoms with Gasteiger partial charge in [-0.25, -0.2) is 12.5 Å². The number of likely N-dealkylation sites (N-methyl/N-ethyl adjacent to an activating group) is 1. The average Bonchev–Trinajstić information content (AvgIpc) is 3.50. The van der Waals surface area contributed by atoms with E-state index in [1.807, 2.05) is 13.8 Å². The van der Waals surface area contributed by atoms with Gasteiger partial charge in [-0.2, -0.15) is 14.4 Å². The SMILES string of the molecule is [2H]B(P)S.[3H]OC[C@H]1c2c(c(OCC=C)c(C)c3c2OCO3)C[C@H]2[C@H]3c4c(cc(C)c(OC)c4OCOC)C[C@@H]([C@H](C#N)N12)N3C. The number of piperazine rings is 1. The molecule has 1 N–H and O–H groups in total. The molecule has 2 aromatic carbocycles. The zero-order valence-corrected chi connectivity index (χ0v) is 27.8. The number of aliphatic hydroxyl groups is 1. The molecule has 0 saturated carbocycles. The minimum atomic E-state index is -0.472. The van der Waals surface area contributed by atoms with Crippen molar-refractivity contribution >= 4 is 27.8 Å². The van der Waals surface area contributed by atoms with Gasteiger partial charge in [0.15, 0.2) is 29.8 Å². The first-order valence-electron chi connectivity index (χ1n) is 15.5. The summed E-state index contributed by atoms with van der Waals surface area (Å²) in [5.41, 5.74) is 5.81. The van der Waals surface area contributed by atoms with E-state index in [0.29, 0.717) is 42.4 Å². The molecular weight excluding hydrogens is 600 g/mol. The highest BCUT2D eigenvalue weighted by atomic mass is 32.1. The van der Waals surface area contributed by atoms with E-state index in [1.165, 1.54) is 0 Å². The third-order valence-electron chi connectivity index (χ3n) is 9.07. The van der Waals surface area contributed by atoms with Crippen LogP contribution < -0.4 is 23.7 Å². The number of hydrogen-bond donors (Lipinski definition) is 2. The van der Waals surface area contributed by atoms with Crippen molar-refractivity contribution in [3.63, 3.8) is 0 Å². The van der Waals surface area contributed by atoms with Crippen LogP contribution in [-0.4, -0.2) is 90.1 Å². The highest BCUT2D eigenvalue weighted by Gasteiger charge is 2.56. The van der Waals surface area contributed by atoms with Gasteiger partial charge in [0.2, 0.25) is 14.5 Å². The van der Waals surface area contributed by atoms with Crippen molar-refractivity contribution in [1.29, 1.82) is 8.03 Å². The summed E-state index contributed by atoms with van der Waals surface area (Å²) in [4.78, 5) is 4.54. The van der Waals surface area contributed by atoms with Gasteiger partial charge in [-0.3, -0.25) is 9.80 Å². The van der Waals surface area contributed by atoms with Crippen molar-refractivity contribution in [3.8, 4) is 34.8 Å². The van der Waals surface area contributed by atoms with Gasteiger partial charge in [-0.1, -0.05) is 18.7 Å². The minimum Gasteiger partial charge on any atom is -0.493 e. The second-order valence-corrected chi connectivity index (χ2v) is 12.4. The van der Waals surface area contributed by atoms with Crippen molar-refractivity contribution in [2.45, 2.75) is 56.9 Å². The standard InChI is InChI=1S/C31H37N3O7.BH4PS/c1-7-8-38-28-17(3)29-31(41-15-40-29)25-19(28)11-21-26-24-18(9-16(2)27(37-6)30(24)39-14-36-5)10-20(33(26)4)22(12-32)34(21)23(25)13-35;2-1-3/h7,9,20-23,26,35H,1,8,10-11,13-15H2,2-6H3;1,3H,2H2/t20-,21-,22-,23-,26-;/m0./s1/i35T;1D. The maximum atomic E-state index is 10.7. The second kappa shape index (κ2) is 13.8. The predicted molar refractivity (Wildman–Crippen MR) is 176 cm³/mol. The summed E-state index contributed by atoms with van der Waals surface area (Å²) in [7, 11) is 7.51. The lowest BCUT2D eigenvalue weighted by molar-refractivity contribution is -0.0832. The van der Waals surface area contributed by atoms with Crippen LogP contribution in [0.1, 0.15) is 45.5 Å². The highest BCUT2D eigenvalue weighted by Crippen LogP contribution is 2.58. The molecule has 1 saturated heterocycles. The number of fused-ring (bicyclic) bond motifs is 9. The van der Waals surface area contributed by atoms with Crippen LogP contribution in [0.2, 0.25) is 0 Å². The van der Waals surface area contributed by atoms with Gasteiger partial charge in [0.1, 0.15) is 18.4 Å². The number of rotatable bonds is 9. The van der Waals surface area contributed by atoms with E-state index in [1.54, 1.807) is 20.3 Å². The number of methoxy groups -OCH3 is 2. The number of nitriles is 1. The van der Waals surface area contributed by atoms with Crippen LogP contribution in [-0.2, 0) is 17.6 Å². The number of aryl methyl sites for hydroxylation is 1. The zero-order chi connectivity index (χ0) is 33.3. The van der Waals surface area contributed by atoms with E-state index in [9.17, 15) is 5.26 Å². The fourth-order valence-corrected chi connectivity index (χ4v) is 7.57. The summed E-state index contributed by atoms with van der Waals surface area (Å²) in [5.74, 6) is 3.31. The smallest absolute Gasteiger partial charge is 0.231 e. The molecule has 1 fully saturated rings. The van der Waals surface area contributed by atoms with Crippen molar-refractivity contribution < 1.29 is 33.5 Å². The first kappa shape index (κ1) is 30.0. The summed E-state index contributed by atoms with van der Waals surface area (Å²) in [6.07, 6.45) is 2.62. The Labute approximate surface area is 270 Å². The lowest BCUT2D eigenvalue weighted by atomic mass is 9.71. The van der Waals surface area contributed by atoms with Crippen LogP contribution in [0.15, 0.2) is 18.7 Å². The maximum Gasteiger partial charge on any atom is 0.231 e. The van der Waals surface area contributed by atoms with Crippen molar-refractivity contribution in [2.75, 3.05) is 48.1 Å². The average molecular weight is 645 g/mol. The van der Waals surface area contributed by atoms with E-state index < -0.39 is 12.1 Å². The molecule has 2 bridgehead atoms. The van der Waals surface area contributed by atoms with Crippen LogP contribution in [0.4, 0.5) is 0 Å². The zero-order valence-electron chi connectivity index (χ0n) is 27.8. The van der Waals surface area contributed by atoms with Crippen LogP contribution in [0.25, 0.3) is 0 Å². The van der Waals surface area contributed by atoms with Gasteiger partial charge < -0.3 is 33.5 Å². The molecule has 4 aliphatic rings. The van der Waals surface area contributed by atoms with Crippen molar-refractivity contribution in [2.24, 2.45) is 0 Å². The van der Waals surface area contributed by atoms with Crippen LogP contribution >= 0.6 is 21.6 Å². The molecule has 4 aliphatic heterocycles. The van der Waals surface area contributed by atoms with E-state index >= 15 is 0 Å². The second-order valence-electron chi connectivity index (χ2n) is 11.2. The maximum absolute atomic E-state index is 10.7. The summed E-state index contributed by atoms with van der Waals surface area (Å²) in [5, 5.41) is 15.8. The Bertz CT molecular complexity index is 1510. The normalized spacial score (nSPS) is 25.1. The Morgan fingerprint density at radius 3 is 2.66 bits per heavy atom.